The lowest BCUT2D eigenvalue weighted by Gasteiger charge is -2.12. The molecule has 1 aromatic carbocycles. The van der Waals surface area contributed by atoms with Crippen LogP contribution in [0.5, 0.6) is 0 Å². The van der Waals surface area contributed by atoms with Gasteiger partial charge in [0.1, 0.15) is 0 Å². The maximum Gasteiger partial charge on any atom is 0.339 e. The Morgan fingerprint density at radius 3 is 2.79 bits per heavy atom. The highest BCUT2D eigenvalue weighted by Crippen LogP contribution is 2.25. The van der Waals surface area contributed by atoms with E-state index in [-0.39, 0.29) is 0 Å². The van der Waals surface area contributed by atoms with Crippen molar-refractivity contribution >= 4 is 21.9 Å². The second-order valence-electron chi connectivity index (χ2n) is 2.88. The molecule has 0 saturated heterocycles. The lowest BCUT2D eigenvalue weighted by molar-refractivity contribution is -0.150. The van der Waals surface area contributed by atoms with Gasteiger partial charge in [0, 0.05) is 4.47 Å². The molecule has 1 unspecified atom stereocenters. The number of ether oxygens (including phenoxy) is 1. The standard InChI is InChI=1S/C10H11BrO3/c1-6-7(4-3-5-8(6)11)9(12)10(13)14-2/h3-5,9,12H,1-2H3. The molecule has 14 heavy (non-hydrogen) atoms. The minimum absolute atomic E-state index is 0.561. The van der Waals surface area contributed by atoms with Crippen LogP contribution in [-0.4, -0.2) is 18.2 Å². The van der Waals surface area contributed by atoms with Gasteiger partial charge in [-0.15, -0.1) is 0 Å². The fourth-order valence-corrected chi connectivity index (χ4v) is 1.54. The Morgan fingerprint density at radius 1 is 1.57 bits per heavy atom. The van der Waals surface area contributed by atoms with Gasteiger partial charge in [-0.3, -0.25) is 0 Å². The Morgan fingerprint density at radius 2 is 2.21 bits per heavy atom. The minimum Gasteiger partial charge on any atom is -0.467 e. The molecule has 0 aliphatic heterocycles. The van der Waals surface area contributed by atoms with Gasteiger partial charge in [0.15, 0.2) is 6.10 Å². The molecule has 0 aliphatic rings. The zero-order valence-corrected chi connectivity index (χ0v) is 9.54. The third-order valence-corrected chi connectivity index (χ3v) is 2.89. The third-order valence-electron chi connectivity index (χ3n) is 2.03. The molecular formula is C10H11BrO3. The zero-order valence-electron chi connectivity index (χ0n) is 7.95. The van der Waals surface area contributed by atoms with E-state index in [0.717, 1.165) is 10.0 Å². The molecule has 0 saturated carbocycles. The molecule has 0 aromatic heterocycles. The fourth-order valence-electron chi connectivity index (χ4n) is 1.16. The molecule has 0 amide bonds. The lowest BCUT2D eigenvalue weighted by atomic mass is 10.0. The van der Waals surface area contributed by atoms with Crippen molar-refractivity contribution in [3.63, 3.8) is 0 Å². The summed E-state index contributed by atoms with van der Waals surface area (Å²) in [7, 11) is 1.25. The number of benzene rings is 1. The Hall–Kier alpha value is -0.870. The molecule has 76 valence electrons. The average Bonchev–Trinajstić information content (AvgIpc) is 2.20. The van der Waals surface area contributed by atoms with Crippen LogP contribution in [0.15, 0.2) is 22.7 Å². The molecule has 1 aromatic rings. The summed E-state index contributed by atoms with van der Waals surface area (Å²) in [5.74, 6) is -0.647. The molecular weight excluding hydrogens is 248 g/mol. The molecule has 0 aliphatic carbocycles. The number of esters is 1. The minimum atomic E-state index is -1.21. The van der Waals surface area contributed by atoms with Crippen LogP contribution in [0.3, 0.4) is 0 Å². The van der Waals surface area contributed by atoms with Crippen molar-refractivity contribution in [1.82, 2.24) is 0 Å². The summed E-state index contributed by atoms with van der Waals surface area (Å²) in [4.78, 5) is 11.1. The maximum absolute atomic E-state index is 11.1. The van der Waals surface area contributed by atoms with Gasteiger partial charge in [0.2, 0.25) is 0 Å². The maximum atomic E-state index is 11.1. The summed E-state index contributed by atoms with van der Waals surface area (Å²) in [5.41, 5.74) is 1.40. The van der Waals surface area contributed by atoms with Gasteiger partial charge in [0.05, 0.1) is 7.11 Å². The highest BCUT2D eigenvalue weighted by molar-refractivity contribution is 9.10. The smallest absolute Gasteiger partial charge is 0.339 e. The van der Waals surface area contributed by atoms with E-state index in [9.17, 15) is 9.90 Å². The highest BCUT2D eigenvalue weighted by Gasteiger charge is 2.20. The zero-order chi connectivity index (χ0) is 10.7. The number of carbonyl (C=O) groups is 1. The first kappa shape index (κ1) is 11.2. The first-order valence-electron chi connectivity index (χ1n) is 4.09. The van der Waals surface area contributed by atoms with Gasteiger partial charge in [-0.2, -0.15) is 0 Å². The fraction of sp³-hybridized carbons (Fsp3) is 0.300. The van der Waals surface area contributed by atoms with E-state index >= 15 is 0 Å². The molecule has 3 nitrogen and oxygen atoms in total. The second-order valence-corrected chi connectivity index (χ2v) is 3.73. The van der Waals surface area contributed by atoms with Crippen LogP contribution in [0.25, 0.3) is 0 Å². The number of hydrogen-bond acceptors (Lipinski definition) is 3. The van der Waals surface area contributed by atoms with Crippen LogP contribution in [0.1, 0.15) is 17.2 Å². The van der Waals surface area contributed by atoms with E-state index in [0.29, 0.717) is 5.56 Å². The predicted molar refractivity (Wildman–Crippen MR) is 55.9 cm³/mol. The molecule has 1 atom stereocenters. The summed E-state index contributed by atoms with van der Waals surface area (Å²) in [6.07, 6.45) is -1.21. The molecule has 4 heteroatoms. The van der Waals surface area contributed by atoms with Crippen LogP contribution in [0, 0.1) is 6.92 Å². The Labute approximate surface area is 90.8 Å². The van der Waals surface area contributed by atoms with Gasteiger partial charge >= 0.3 is 5.97 Å². The number of rotatable bonds is 2. The Balaban J connectivity index is 3.07. The Kier molecular flexibility index (Phi) is 3.66. The van der Waals surface area contributed by atoms with Gasteiger partial charge in [-0.25, -0.2) is 4.79 Å². The first-order chi connectivity index (χ1) is 6.57. The van der Waals surface area contributed by atoms with E-state index in [1.54, 1.807) is 12.1 Å². The summed E-state index contributed by atoms with van der Waals surface area (Å²) in [6, 6.07) is 5.31. The van der Waals surface area contributed by atoms with Gasteiger partial charge in [-0.05, 0) is 24.1 Å². The van der Waals surface area contributed by atoms with Crippen molar-refractivity contribution in [2.24, 2.45) is 0 Å². The summed E-state index contributed by atoms with van der Waals surface area (Å²) in [5, 5.41) is 9.60. The van der Waals surface area contributed by atoms with Crippen molar-refractivity contribution in [1.29, 1.82) is 0 Å². The van der Waals surface area contributed by atoms with Gasteiger partial charge in [-0.1, -0.05) is 28.1 Å². The molecule has 1 N–H and O–H groups in total. The predicted octanol–water partition coefficient (Wildman–Crippen LogP) is 1.96. The van der Waals surface area contributed by atoms with Crippen LogP contribution < -0.4 is 0 Å². The van der Waals surface area contributed by atoms with Crippen LogP contribution in [-0.2, 0) is 9.53 Å². The number of halogens is 1. The average molecular weight is 259 g/mol. The van der Waals surface area contributed by atoms with Crippen LogP contribution in [0.4, 0.5) is 0 Å². The van der Waals surface area contributed by atoms with E-state index in [1.807, 2.05) is 13.0 Å². The van der Waals surface area contributed by atoms with Gasteiger partial charge in [0.25, 0.3) is 0 Å². The molecule has 0 fully saturated rings. The third kappa shape index (κ3) is 2.13. The van der Waals surface area contributed by atoms with Crippen molar-refractivity contribution < 1.29 is 14.6 Å². The van der Waals surface area contributed by atoms with E-state index in [2.05, 4.69) is 20.7 Å². The highest BCUT2D eigenvalue weighted by atomic mass is 79.9. The van der Waals surface area contributed by atoms with Gasteiger partial charge < -0.3 is 9.84 Å². The largest absolute Gasteiger partial charge is 0.467 e. The quantitative estimate of drug-likeness (QED) is 0.826. The lowest BCUT2D eigenvalue weighted by Crippen LogP contribution is -2.14. The summed E-state index contributed by atoms with van der Waals surface area (Å²) in [6.45, 7) is 1.82. The van der Waals surface area contributed by atoms with Crippen LogP contribution >= 0.6 is 15.9 Å². The molecule has 0 heterocycles. The summed E-state index contributed by atoms with van der Waals surface area (Å²) >= 11 is 3.32. The van der Waals surface area contributed by atoms with Crippen molar-refractivity contribution in [2.75, 3.05) is 7.11 Å². The molecule has 0 spiro atoms. The number of methoxy groups -OCH3 is 1. The second kappa shape index (κ2) is 4.57. The SMILES string of the molecule is COC(=O)C(O)c1cccc(Br)c1C. The summed E-state index contributed by atoms with van der Waals surface area (Å²) < 4.78 is 5.32. The van der Waals surface area contributed by atoms with E-state index in [1.165, 1.54) is 7.11 Å². The number of aliphatic hydroxyl groups excluding tert-OH is 1. The molecule has 1 rings (SSSR count). The number of carbonyl (C=O) groups excluding carboxylic acids is 1. The molecule has 0 radical (unpaired) electrons. The van der Waals surface area contributed by atoms with E-state index in [4.69, 9.17) is 0 Å². The van der Waals surface area contributed by atoms with Crippen molar-refractivity contribution in [3.8, 4) is 0 Å². The normalized spacial score (nSPS) is 12.3. The van der Waals surface area contributed by atoms with Crippen LogP contribution in [0.2, 0.25) is 0 Å². The van der Waals surface area contributed by atoms with Crippen molar-refractivity contribution in [2.45, 2.75) is 13.0 Å². The topological polar surface area (TPSA) is 46.5 Å². The monoisotopic (exact) mass is 258 g/mol. The number of aliphatic hydroxyl groups is 1. The first-order valence-corrected chi connectivity index (χ1v) is 4.88. The molecule has 0 bridgehead atoms. The number of hydrogen-bond donors (Lipinski definition) is 1. The Bertz CT molecular complexity index is 349. The van der Waals surface area contributed by atoms with Crippen molar-refractivity contribution in [3.05, 3.63) is 33.8 Å². The van der Waals surface area contributed by atoms with E-state index < -0.39 is 12.1 Å².